The zero-order chi connectivity index (χ0) is 12.3. The number of benzene rings is 1. The van der Waals surface area contributed by atoms with Crippen molar-refractivity contribution < 1.29 is 0 Å². The Hall–Kier alpha value is -0.830. The highest BCUT2D eigenvalue weighted by atomic mass is 79.9. The summed E-state index contributed by atoms with van der Waals surface area (Å²) in [6.45, 7) is 0.779. The van der Waals surface area contributed by atoms with Gasteiger partial charge in [-0.25, -0.2) is 0 Å². The van der Waals surface area contributed by atoms with Gasteiger partial charge in [-0.05, 0) is 62.2 Å². The third-order valence-corrected chi connectivity index (χ3v) is 4.46. The van der Waals surface area contributed by atoms with Gasteiger partial charge in [-0.1, -0.05) is 0 Å². The van der Waals surface area contributed by atoms with E-state index in [4.69, 9.17) is 5.26 Å². The number of nitriles is 1. The number of hydrogen-bond acceptors (Lipinski definition) is 3. The van der Waals surface area contributed by atoms with E-state index in [1.54, 1.807) is 17.4 Å². The second kappa shape index (κ2) is 5.67. The van der Waals surface area contributed by atoms with Crippen LogP contribution in [-0.4, -0.2) is 0 Å². The maximum Gasteiger partial charge on any atom is 0.0992 e. The average molecular weight is 372 g/mol. The van der Waals surface area contributed by atoms with Crippen LogP contribution in [0.4, 0.5) is 5.69 Å². The topological polar surface area (TPSA) is 35.8 Å². The molecule has 1 aromatic heterocycles. The lowest BCUT2D eigenvalue weighted by atomic mass is 10.2. The summed E-state index contributed by atoms with van der Waals surface area (Å²) in [5, 5.41) is 12.1. The van der Waals surface area contributed by atoms with Gasteiger partial charge in [-0.3, -0.25) is 0 Å². The van der Waals surface area contributed by atoms with Crippen molar-refractivity contribution in [1.82, 2.24) is 0 Å². The number of halogens is 2. The van der Waals surface area contributed by atoms with Crippen LogP contribution in [0.5, 0.6) is 0 Å². The van der Waals surface area contributed by atoms with Crippen molar-refractivity contribution in [3.05, 3.63) is 49.0 Å². The molecule has 5 heteroatoms. The zero-order valence-electron chi connectivity index (χ0n) is 8.71. The third kappa shape index (κ3) is 3.32. The van der Waals surface area contributed by atoms with E-state index in [0.29, 0.717) is 5.56 Å². The van der Waals surface area contributed by atoms with Crippen LogP contribution in [0.1, 0.15) is 10.4 Å². The number of hydrogen-bond donors (Lipinski definition) is 1. The summed E-state index contributed by atoms with van der Waals surface area (Å²) in [5.41, 5.74) is 1.65. The summed E-state index contributed by atoms with van der Waals surface area (Å²) >= 11 is 8.59. The summed E-state index contributed by atoms with van der Waals surface area (Å²) in [4.78, 5) is 1.26. The van der Waals surface area contributed by atoms with Crippen LogP contribution >= 0.6 is 43.2 Å². The molecule has 0 bridgehead atoms. The van der Waals surface area contributed by atoms with Crippen LogP contribution in [0.15, 0.2) is 38.6 Å². The lowest BCUT2D eigenvalue weighted by molar-refractivity contribution is 1.19. The number of nitrogens with zero attached hydrogens (tertiary/aromatic N) is 1. The van der Waals surface area contributed by atoms with Gasteiger partial charge in [0.15, 0.2) is 0 Å². The highest BCUT2D eigenvalue weighted by molar-refractivity contribution is 9.11. The van der Waals surface area contributed by atoms with Crippen LogP contribution in [0.2, 0.25) is 0 Å². The fourth-order valence-corrected chi connectivity index (χ4v) is 3.30. The van der Waals surface area contributed by atoms with Gasteiger partial charge in [0.2, 0.25) is 0 Å². The van der Waals surface area contributed by atoms with Crippen molar-refractivity contribution in [1.29, 1.82) is 5.26 Å². The Balaban J connectivity index is 2.07. The highest BCUT2D eigenvalue weighted by Crippen LogP contribution is 2.26. The second-order valence-electron chi connectivity index (χ2n) is 3.37. The Labute approximate surface area is 121 Å². The second-order valence-corrected chi connectivity index (χ2v) is 6.77. The Morgan fingerprint density at radius 1 is 1.24 bits per heavy atom. The van der Waals surface area contributed by atoms with E-state index in [2.05, 4.69) is 49.3 Å². The van der Waals surface area contributed by atoms with Gasteiger partial charge >= 0.3 is 0 Å². The first-order valence-corrected chi connectivity index (χ1v) is 7.27. The minimum absolute atomic E-state index is 0.654. The van der Waals surface area contributed by atoms with Gasteiger partial charge in [-0.2, -0.15) is 5.26 Å². The van der Waals surface area contributed by atoms with Crippen molar-refractivity contribution >= 4 is 48.9 Å². The summed E-state index contributed by atoms with van der Waals surface area (Å²) in [6.07, 6.45) is 0. The average Bonchev–Trinajstić information content (AvgIpc) is 2.73. The molecule has 2 rings (SSSR count). The molecule has 2 aromatic rings. The lowest BCUT2D eigenvalue weighted by Crippen LogP contribution is -1.98. The monoisotopic (exact) mass is 370 g/mol. The largest absolute Gasteiger partial charge is 0.379 e. The first-order valence-electron chi connectivity index (χ1n) is 4.87. The fraction of sp³-hybridized carbons (Fsp3) is 0.0833. The number of anilines is 1. The van der Waals surface area contributed by atoms with E-state index in [1.165, 1.54) is 4.88 Å². The molecule has 0 saturated heterocycles. The van der Waals surface area contributed by atoms with Gasteiger partial charge < -0.3 is 5.32 Å². The molecule has 0 atom stereocenters. The molecule has 0 amide bonds. The number of nitrogens with one attached hydrogen (secondary N) is 1. The maximum atomic E-state index is 8.77. The quantitative estimate of drug-likeness (QED) is 0.844. The highest BCUT2D eigenvalue weighted by Gasteiger charge is 2.02. The van der Waals surface area contributed by atoms with Gasteiger partial charge in [0.05, 0.1) is 15.4 Å². The lowest BCUT2D eigenvalue weighted by Gasteiger charge is -2.07. The minimum atomic E-state index is 0.654. The normalized spacial score (nSPS) is 9.94. The standard InChI is InChI=1S/C12H8Br2N2S/c13-10-5-8(6-15)1-3-11(10)16-7-9-2-4-12(14)17-9/h1-5,16H,7H2. The summed E-state index contributed by atoms with van der Waals surface area (Å²) < 4.78 is 2.04. The molecule has 17 heavy (non-hydrogen) atoms. The van der Waals surface area contributed by atoms with Gasteiger partial charge in [0.25, 0.3) is 0 Å². The van der Waals surface area contributed by atoms with E-state index in [1.807, 2.05) is 18.2 Å². The smallest absolute Gasteiger partial charge is 0.0992 e. The van der Waals surface area contributed by atoms with Crippen molar-refractivity contribution in [2.75, 3.05) is 5.32 Å². The molecule has 2 nitrogen and oxygen atoms in total. The van der Waals surface area contributed by atoms with Crippen molar-refractivity contribution in [2.24, 2.45) is 0 Å². The Morgan fingerprint density at radius 3 is 2.65 bits per heavy atom. The molecule has 0 radical (unpaired) electrons. The molecule has 1 N–H and O–H groups in total. The fourth-order valence-electron chi connectivity index (χ4n) is 1.36. The molecule has 0 spiro atoms. The van der Waals surface area contributed by atoms with E-state index < -0.39 is 0 Å². The predicted molar refractivity (Wildman–Crippen MR) is 78.2 cm³/mol. The molecule has 1 aromatic carbocycles. The van der Waals surface area contributed by atoms with Crippen LogP contribution in [-0.2, 0) is 6.54 Å². The SMILES string of the molecule is N#Cc1ccc(NCc2ccc(Br)s2)c(Br)c1. The van der Waals surface area contributed by atoms with Crippen LogP contribution in [0, 0.1) is 11.3 Å². The molecular formula is C12H8Br2N2S. The molecule has 1 heterocycles. The molecule has 86 valence electrons. The van der Waals surface area contributed by atoms with Gasteiger partial charge in [0, 0.05) is 21.6 Å². The first kappa shape index (κ1) is 12.6. The van der Waals surface area contributed by atoms with Crippen molar-refractivity contribution in [3.63, 3.8) is 0 Å². The van der Waals surface area contributed by atoms with Crippen LogP contribution in [0.25, 0.3) is 0 Å². The molecule has 0 unspecified atom stereocenters. The number of rotatable bonds is 3. The van der Waals surface area contributed by atoms with E-state index in [-0.39, 0.29) is 0 Å². The Bertz CT molecular complexity index is 572. The van der Waals surface area contributed by atoms with E-state index in [0.717, 1.165) is 20.5 Å². The molecule has 0 aliphatic heterocycles. The minimum Gasteiger partial charge on any atom is -0.379 e. The zero-order valence-corrected chi connectivity index (χ0v) is 12.7. The van der Waals surface area contributed by atoms with Crippen LogP contribution < -0.4 is 5.32 Å². The van der Waals surface area contributed by atoms with Crippen molar-refractivity contribution in [3.8, 4) is 6.07 Å². The molecular weight excluding hydrogens is 364 g/mol. The number of thiophene rings is 1. The van der Waals surface area contributed by atoms with E-state index in [9.17, 15) is 0 Å². The van der Waals surface area contributed by atoms with E-state index >= 15 is 0 Å². The Kier molecular flexibility index (Phi) is 4.21. The first-order chi connectivity index (χ1) is 8.19. The molecule has 0 saturated carbocycles. The summed E-state index contributed by atoms with van der Waals surface area (Å²) in [6, 6.07) is 11.8. The molecule has 0 aliphatic rings. The van der Waals surface area contributed by atoms with Gasteiger partial charge in [0.1, 0.15) is 0 Å². The van der Waals surface area contributed by atoms with Gasteiger partial charge in [-0.15, -0.1) is 11.3 Å². The predicted octanol–water partition coefficient (Wildman–Crippen LogP) is 4.76. The van der Waals surface area contributed by atoms with Crippen LogP contribution in [0.3, 0.4) is 0 Å². The maximum absolute atomic E-state index is 8.77. The van der Waals surface area contributed by atoms with Crippen molar-refractivity contribution in [2.45, 2.75) is 6.54 Å². The summed E-state index contributed by atoms with van der Waals surface area (Å²) in [7, 11) is 0. The molecule has 0 fully saturated rings. The molecule has 0 aliphatic carbocycles. The Morgan fingerprint density at radius 2 is 2.06 bits per heavy atom. The summed E-state index contributed by atoms with van der Waals surface area (Å²) in [5.74, 6) is 0. The third-order valence-electron chi connectivity index (χ3n) is 2.18.